The molecule has 9 heteroatoms. The van der Waals surface area contributed by atoms with E-state index in [0.717, 1.165) is 22.3 Å². The molecule has 5 nitrogen and oxygen atoms in total. The molecule has 0 saturated heterocycles. The highest BCUT2D eigenvalue weighted by atomic mass is 27.3. The van der Waals surface area contributed by atoms with Gasteiger partial charge in [0, 0.05) is 23.6 Å². The van der Waals surface area contributed by atoms with Crippen molar-refractivity contribution in [2.24, 2.45) is 9.98 Å². The molecule has 47 heavy (non-hydrogen) atoms. The molecule has 4 rings (SSSR count). The number of alkyl halides is 3. The third-order valence-corrected chi connectivity index (χ3v) is 9.26. The smallest absolute Gasteiger partial charge is 0.587 e. The molecule has 1 aliphatic rings. The van der Waals surface area contributed by atoms with Crippen LogP contribution < -0.4 is 7.58 Å². The fraction of sp³-hybridized carbons (Fsp3) is 0.474. The zero-order chi connectivity index (χ0) is 35.2. The van der Waals surface area contributed by atoms with E-state index in [9.17, 15) is 13.2 Å². The first kappa shape index (κ1) is 36.7. The standard InChI is InChI=1S/C36H48N2O2.C2H2F3O.Al/c1-33(2,3)25-17-23(31(39)27(19-25)35(7,8)9)21-37-29-15-13-14-16-30(29)38-22-24-18-26(34(4,5)6)20-28(32(24)40)36(10,11)12;3-2(4,5)1-6;/h13-22,39-40H,1-12H3;1H2;/q;-1;+3/p-2. The number of fused-ring (bicyclic) bond motifs is 3. The van der Waals surface area contributed by atoms with Gasteiger partial charge in [-0.25, -0.2) is 0 Å². The highest BCUT2D eigenvalue weighted by Gasteiger charge is 2.47. The number of halogens is 3. The van der Waals surface area contributed by atoms with Gasteiger partial charge in [-0.2, -0.15) is 13.2 Å². The van der Waals surface area contributed by atoms with E-state index in [1.54, 1.807) is 12.4 Å². The first-order chi connectivity index (χ1) is 21.4. The molecule has 1 aliphatic heterocycles. The SMILES string of the molecule is CC(C)(C)c1cc2c(c(C(C)(C)C)c1)[O][Al]([O]CC(F)(F)F)[O]c1c(cc(C(C)(C)C)cc1C(C)(C)C)C=Nc1ccccc1N=C2. The second-order valence-corrected chi connectivity index (χ2v) is 17.7. The molecule has 0 atom stereocenters. The molecule has 1 heterocycles. The van der Waals surface area contributed by atoms with Gasteiger partial charge in [-0.3, -0.25) is 9.98 Å². The van der Waals surface area contributed by atoms with Gasteiger partial charge < -0.3 is 11.4 Å². The van der Waals surface area contributed by atoms with Crippen molar-refractivity contribution in [1.82, 2.24) is 0 Å². The number of para-hydroxylation sites is 2. The molecular weight excluding hydrogens is 616 g/mol. The first-order valence-electron chi connectivity index (χ1n) is 16.0. The van der Waals surface area contributed by atoms with Crippen LogP contribution in [0.15, 0.2) is 58.5 Å². The van der Waals surface area contributed by atoms with E-state index in [1.165, 1.54) is 0 Å². The van der Waals surface area contributed by atoms with Crippen molar-refractivity contribution in [3.05, 3.63) is 81.9 Å². The van der Waals surface area contributed by atoms with Crippen LogP contribution in [0.3, 0.4) is 0 Å². The topological polar surface area (TPSA) is 52.4 Å². The lowest BCUT2D eigenvalue weighted by Gasteiger charge is -2.31. The van der Waals surface area contributed by atoms with E-state index >= 15 is 0 Å². The Kier molecular flexibility index (Phi) is 10.2. The number of hydrogen-bond donors (Lipinski definition) is 0. The Labute approximate surface area is 283 Å². The normalized spacial score (nSPS) is 14.6. The maximum Gasteiger partial charge on any atom is 1.10 e. The van der Waals surface area contributed by atoms with E-state index in [4.69, 9.17) is 21.4 Å². The summed E-state index contributed by atoms with van der Waals surface area (Å²) in [6.07, 6.45) is -1.18. The maximum atomic E-state index is 13.7. The quantitative estimate of drug-likeness (QED) is 0.256. The van der Waals surface area contributed by atoms with Gasteiger partial charge in [-0.05, 0) is 68.2 Å². The van der Waals surface area contributed by atoms with Gasteiger partial charge in [0.05, 0.1) is 22.9 Å². The van der Waals surface area contributed by atoms with Crippen LogP contribution in [0.1, 0.15) is 116 Å². The second kappa shape index (κ2) is 13.1. The Balaban J connectivity index is 2.11. The highest BCUT2D eigenvalue weighted by Crippen LogP contribution is 2.42. The van der Waals surface area contributed by atoms with Crippen LogP contribution in [-0.4, -0.2) is 40.4 Å². The van der Waals surface area contributed by atoms with Gasteiger partial charge in [0.15, 0.2) is 0 Å². The van der Waals surface area contributed by atoms with Gasteiger partial charge in [0.1, 0.15) is 6.61 Å². The fourth-order valence-corrected chi connectivity index (χ4v) is 6.57. The molecule has 0 aliphatic carbocycles. The predicted molar refractivity (Wildman–Crippen MR) is 188 cm³/mol. The van der Waals surface area contributed by atoms with Crippen LogP contribution in [0.2, 0.25) is 0 Å². The molecule has 3 aromatic rings. The number of nitrogens with zero attached hydrogens (tertiary/aromatic N) is 2. The predicted octanol–water partition coefficient (Wildman–Crippen LogP) is 10.7. The third kappa shape index (κ3) is 9.28. The zero-order valence-electron chi connectivity index (χ0n) is 29.8. The molecule has 0 radical (unpaired) electrons. The highest BCUT2D eigenvalue weighted by molar-refractivity contribution is 6.39. The summed E-state index contributed by atoms with van der Waals surface area (Å²) in [4.78, 5) is 9.71. The number of benzene rings is 3. The largest absolute Gasteiger partial charge is 1.10 e. The van der Waals surface area contributed by atoms with Crippen molar-refractivity contribution in [3.8, 4) is 11.5 Å². The van der Waals surface area contributed by atoms with Gasteiger partial charge >= 0.3 is 21.3 Å². The van der Waals surface area contributed by atoms with Crippen molar-refractivity contribution in [1.29, 1.82) is 0 Å². The van der Waals surface area contributed by atoms with Gasteiger partial charge in [-0.1, -0.05) is 107 Å². The molecule has 0 unspecified atom stereocenters. The summed E-state index contributed by atoms with van der Waals surface area (Å²) in [6.45, 7) is 23.5. The summed E-state index contributed by atoms with van der Waals surface area (Å²) in [5.74, 6) is 0.798. The maximum absolute atomic E-state index is 13.7. The van der Waals surface area contributed by atoms with Crippen LogP contribution in [0.25, 0.3) is 0 Å². The van der Waals surface area contributed by atoms with Crippen LogP contribution in [-0.2, 0) is 25.4 Å². The minimum atomic E-state index is -4.58. The van der Waals surface area contributed by atoms with Crippen LogP contribution in [0.5, 0.6) is 11.5 Å². The van der Waals surface area contributed by atoms with Crippen LogP contribution in [0, 0.1) is 0 Å². The van der Waals surface area contributed by atoms with E-state index in [2.05, 4.69) is 95.2 Å². The molecule has 0 amide bonds. The number of hydrogen-bond acceptors (Lipinski definition) is 5. The van der Waals surface area contributed by atoms with Gasteiger partial charge in [-0.15, -0.1) is 0 Å². The summed E-state index contributed by atoms with van der Waals surface area (Å²) in [5, 5.41) is 0. The number of rotatable bonds is 2. The summed E-state index contributed by atoms with van der Waals surface area (Å²) in [5.41, 5.74) is 4.92. The summed E-state index contributed by atoms with van der Waals surface area (Å²) >= 11 is -3.61. The van der Waals surface area contributed by atoms with Crippen LogP contribution in [0.4, 0.5) is 24.5 Å². The minimum Gasteiger partial charge on any atom is -0.587 e. The van der Waals surface area contributed by atoms with Gasteiger partial charge in [0.25, 0.3) is 0 Å². The van der Waals surface area contributed by atoms with Crippen LogP contribution >= 0.6 is 0 Å². The average molecular weight is 665 g/mol. The Morgan fingerprint density at radius 1 is 0.596 bits per heavy atom. The van der Waals surface area contributed by atoms with Crippen molar-refractivity contribution < 1.29 is 24.5 Å². The Bertz CT molecular complexity index is 1550. The van der Waals surface area contributed by atoms with E-state index in [1.807, 2.05) is 36.4 Å². The lowest BCUT2D eigenvalue weighted by molar-refractivity contribution is -0.158. The Hall–Kier alpha value is -3.12. The third-order valence-electron chi connectivity index (χ3n) is 7.96. The Morgan fingerprint density at radius 3 is 1.30 bits per heavy atom. The first-order valence-corrected chi connectivity index (χ1v) is 17.4. The molecule has 0 saturated carbocycles. The van der Waals surface area contributed by atoms with Crippen molar-refractivity contribution >= 4 is 39.0 Å². The molecule has 0 spiro atoms. The average Bonchev–Trinajstić information content (AvgIpc) is 2.92. The fourth-order valence-electron chi connectivity index (χ4n) is 5.15. The molecule has 0 fully saturated rings. The van der Waals surface area contributed by atoms with E-state index in [-0.39, 0.29) is 10.8 Å². The lowest BCUT2D eigenvalue weighted by atomic mass is 9.79. The molecule has 0 N–H and O–H groups in total. The summed E-state index contributed by atoms with van der Waals surface area (Å²) < 4.78 is 59.9. The van der Waals surface area contributed by atoms with E-state index in [0.29, 0.717) is 34.0 Å². The molecular formula is C38H48AlF3N2O3. The minimum absolute atomic E-state index is 0.225. The molecule has 252 valence electrons. The number of aliphatic imine (C=N–C) groups is 2. The second-order valence-electron chi connectivity index (χ2n) is 16.3. The molecule has 0 bridgehead atoms. The summed E-state index contributed by atoms with van der Waals surface area (Å²) in [7, 11) is 0. The van der Waals surface area contributed by atoms with Crippen molar-refractivity contribution in [2.45, 2.75) is 111 Å². The molecule has 0 aromatic heterocycles. The summed E-state index contributed by atoms with van der Waals surface area (Å²) in [6, 6.07) is 15.7. The lowest BCUT2D eigenvalue weighted by Crippen LogP contribution is -2.39. The molecule has 3 aromatic carbocycles. The van der Waals surface area contributed by atoms with E-state index < -0.39 is 38.8 Å². The van der Waals surface area contributed by atoms with Gasteiger partial charge in [0.2, 0.25) is 0 Å². The van der Waals surface area contributed by atoms with Crippen molar-refractivity contribution in [3.63, 3.8) is 0 Å². The zero-order valence-corrected chi connectivity index (χ0v) is 31.0. The van der Waals surface area contributed by atoms with Crippen molar-refractivity contribution in [2.75, 3.05) is 6.61 Å². The monoisotopic (exact) mass is 664 g/mol. The Morgan fingerprint density at radius 2 is 0.979 bits per heavy atom.